The van der Waals surface area contributed by atoms with Gasteiger partial charge in [0.05, 0.1) is 19.6 Å². The van der Waals surface area contributed by atoms with Crippen LogP contribution in [0.2, 0.25) is 0 Å². The summed E-state index contributed by atoms with van der Waals surface area (Å²) >= 11 is 0. The van der Waals surface area contributed by atoms with E-state index < -0.39 is 0 Å². The van der Waals surface area contributed by atoms with Gasteiger partial charge in [-0.15, -0.1) is 0 Å². The van der Waals surface area contributed by atoms with E-state index in [1.54, 1.807) is 0 Å². The van der Waals surface area contributed by atoms with Crippen LogP contribution >= 0.6 is 0 Å². The summed E-state index contributed by atoms with van der Waals surface area (Å²) in [5.74, 6) is -0.569. The number of likely N-dealkylation sites (tertiary alicyclic amines) is 1. The zero-order chi connectivity index (χ0) is 10.7. The number of amides is 1. The molecule has 2 unspecified atom stereocenters. The van der Waals surface area contributed by atoms with Crippen LogP contribution in [0, 0.1) is 0 Å². The fourth-order valence-corrected chi connectivity index (χ4v) is 1.68. The standard InChI is InChI=1S/C9H16N2O3/c1-6(5-8(12)14-2)11-4-3-7(11)9(10)13/h6-7H,3-5H2,1-2H3,(H2,10,13). The maximum absolute atomic E-state index is 11.0. The van der Waals surface area contributed by atoms with Gasteiger partial charge in [0.2, 0.25) is 5.91 Å². The minimum atomic E-state index is -0.312. The van der Waals surface area contributed by atoms with E-state index in [2.05, 4.69) is 4.74 Å². The lowest BCUT2D eigenvalue weighted by Crippen LogP contribution is -2.58. The van der Waals surface area contributed by atoms with E-state index in [1.165, 1.54) is 7.11 Å². The highest BCUT2D eigenvalue weighted by molar-refractivity contribution is 5.81. The van der Waals surface area contributed by atoms with Gasteiger partial charge in [0.15, 0.2) is 0 Å². The Morgan fingerprint density at radius 3 is 2.64 bits per heavy atom. The Kier molecular flexibility index (Phi) is 3.46. The normalized spacial score (nSPS) is 23.7. The molecule has 1 rings (SSSR count). The van der Waals surface area contributed by atoms with Crippen molar-refractivity contribution in [3.8, 4) is 0 Å². The summed E-state index contributed by atoms with van der Waals surface area (Å²) in [4.78, 5) is 23.8. The first-order valence-corrected chi connectivity index (χ1v) is 4.68. The fraction of sp³-hybridized carbons (Fsp3) is 0.778. The highest BCUT2D eigenvalue weighted by Gasteiger charge is 2.36. The third-order valence-corrected chi connectivity index (χ3v) is 2.65. The Balaban J connectivity index is 2.41. The van der Waals surface area contributed by atoms with Gasteiger partial charge in [-0.2, -0.15) is 0 Å². The number of hydrogen-bond acceptors (Lipinski definition) is 4. The summed E-state index contributed by atoms with van der Waals surface area (Å²) in [6, 6.07) is -0.177. The molecular formula is C9H16N2O3. The van der Waals surface area contributed by atoms with Crippen molar-refractivity contribution in [1.29, 1.82) is 0 Å². The van der Waals surface area contributed by atoms with Gasteiger partial charge in [-0.3, -0.25) is 14.5 Å². The summed E-state index contributed by atoms with van der Waals surface area (Å²) in [7, 11) is 1.36. The summed E-state index contributed by atoms with van der Waals surface area (Å²) in [6.07, 6.45) is 1.10. The third kappa shape index (κ3) is 2.23. The second-order valence-electron chi connectivity index (χ2n) is 3.57. The molecule has 1 aliphatic heterocycles. The predicted octanol–water partition coefficient (Wildman–Crippen LogP) is -0.502. The summed E-state index contributed by atoms with van der Waals surface area (Å²) in [6.45, 7) is 2.72. The molecule has 1 heterocycles. The van der Waals surface area contributed by atoms with Crippen LogP contribution in [0.5, 0.6) is 0 Å². The van der Waals surface area contributed by atoms with Crippen LogP contribution in [0.4, 0.5) is 0 Å². The molecule has 0 saturated carbocycles. The molecule has 1 amide bonds. The van der Waals surface area contributed by atoms with Gasteiger partial charge >= 0.3 is 5.97 Å². The van der Waals surface area contributed by atoms with Crippen molar-refractivity contribution in [3.63, 3.8) is 0 Å². The smallest absolute Gasteiger partial charge is 0.307 e. The number of methoxy groups -OCH3 is 1. The van der Waals surface area contributed by atoms with Gasteiger partial charge in [0.1, 0.15) is 0 Å². The van der Waals surface area contributed by atoms with Crippen molar-refractivity contribution >= 4 is 11.9 Å². The van der Waals surface area contributed by atoms with Crippen LogP contribution in [0.3, 0.4) is 0 Å². The Morgan fingerprint density at radius 2 is 2.29 bits per heavy atom. The largest absolute Gasteiger partial charge is 0.469 e. The Hall–Kier alpha value is -1.10. The quantitative estimate of drug-likeness (QED) is 0.621. The number of nitrogens with two attached hydrogens (primary N) is 1. The average molecular weight is 200 g/mol. The van der Waals surface area contributed by atoms with E-state index in [9.17, 15) is 9.59 Å². The maximum Gasteiger partial charge on any atom is 0.307 e. The van der Waals surface area contributed by atoms with Gasteiger partial charge < -0.3 is 10.5 Å². The predicted molar refractivity (Wildman–Crippen MR) is 50.4 cm³/mol. The van der Waals surface area contributed by atoms with Crippen LogP contribution in [-0.4, -0.2) is 42.5 Å². The van der Waals surface area contributed by atoms with Gasteiger partial charge in [-0.05, 0) is 13.3 Å². The number of ether oxygens (including phenoxy) is 1. The summed E-state index contributed by atoms with van der Waals surface area (Å²) < 4.78 is 4.55. The second-order valence-corrected chi connectivity index (χ2v) is 3.57. The molecule has 0 bridgehead atoms. The van der Waals surface area contributed by atoms with Crippen LogP contribution in [0.15, 0.2) is 0 Å². The molecule has 80 valence electrons. The van der Waals surface area contributed by atoms with Crippen LogP contribution in [-0.2, 0) is 14.3 Å². The first kappa shape index (κ1) is 11.0. The minimum absolute atomic E-state index is 0.0219. The Morgan fingerprint density at radius 1 is 1.64 bits per heavy atom. The molecule has 1 fully saturated rings. The lowest BCUT2D eigenvalue weighted by atomic mass is 9.98. The first-order valence-electron chi connectivity index (χ1n) is 4.68. The second kappa shape index (κ2) is 4.41. The lowest BCUT2D eigenvalue weighted by molar-refractivity contribution is -0.144. The molecule has 0 aromatic carbocycles. The third-order valence-electron chi connectivity index (χ3n) is 2.65. The van der Waals surface area contributed by atoms with Crippen molar-refractivity contribution in [2.75, 3.05) is 13.7 Å². The van der Waals surface area contributed by atoms with E-state index in [0.29, 0.717) is 6.42 Å². The monoisotopic (exact) mass is 200 g/mol. The van der Waals surface area contributed by atoms with Crippen molar-refractivity contribution in [2.24, 2.45) is 5.73 Å². The molecule has 5 nitrogen and oxygen atoms in total. The van der Waals surface area contributed by atoms with E-state index in [1.807, 2.05) is 11.8 Å². The van der Waals surface area contributed by atoms with Gasteiger partial charge in [0.25, 0.3) is 0 Å². The highest BCUT2D eigenvalue weighted by Crippen LogP contribution is 2.21. The van der Waals surface area contributed by atoms with Crippen LogP contribution in [0.1, 0.15) is 19.8 Å². The van der Waals surface area contributed by atoms with Crippen LogP contribution < -0.4 is 5.73 Å². The molecule has 2 N–H and O–H groups in total. The van der Waals surface area contributed by atoms with Gasteiger partial charge in [-0.1, -0.05) is 0 Å². The molecule has 0 radical (unpaired) electrons. The molecule has 5 heteroatoms. The molecule has 0 spiro atoms. The first-order chi connectivity index (χ1) is 6.56. The van der Waals surface area contributed by atoms with E-state index in [4.69, 9.17) is 5.73 Å². The minimum Gasteiger partial charge on any atom is -0.469 e. The SMILES string of the molecule is COC(=O)CC(C)N1CCC1C(N)=O. The number of hydrogen-bond donors (Lipinski definition) is 1. The topological polar surface area (TPSA) is 72.6 Å². The van der Waals surface area contributed by atoms with E-state index >= 15 is 0 Å². The molecule has 0 aromatic heterocycles. The number of rotatable bonds is 4. The number of primary amides is 1. The summed E-state index contributed by atoms with van der Waals surface area (Å²) in [5, 5.41) is 0. The van der Waals surface area contributed by atoms with Crippen LogP contribution in [0.25, 0.3) is 0 Å². The van der Waals surface area contributed by atoms with E-state index in [0.717, 1.165) is 13.0 Å². The van der Waals surface area contributed by atoms with Crippen molar-refractivity contribution in [1.82, 2.24) is 4.90 Å². The molecule has 0 aromatic rings. The molecule has 1 saturated heterocycles. The molecule has 2 atom stereocenters. The summed E-state index contributed by atoms with van der Waals surface area (Å²) in [5.41, 5.74) is 5.19. The highest BCUT2D eigenvalue weighted by atomic mass is 16.5. The Labute approximate surface area is 83.2 Å². The number of nitrogens with zero attached hydrogens (tertiary/aromatic N) is 1. The number of esters is 1. The van der Waals surface area contributed by atoms with Gasteiger partial charge in [-0.25, -0.2) is 0 Å². The molecule has 1 aliphatic rings. The van der Waals surface area contributed by atoms with Crippen molar-refractivity contribution in [2.45, 2.75) is 31.8 Å². The molecule has 0 aliphatic carbocycles. The average Bonchev–Trinajstić information content (AvgIpc) is 2.00. The maximum atomic E-state index is 11.0. The Bertz CT molecular complexity index is 242. The zero-order valence-electron chi connectivity index (χ0n) is 8.53. The van der Waals surface area contributed by atoms with Gasteiger partial charge in [0, 0.05) is 12.6 Å². The number of carbonyl (C=O) groups excluding carboxylic acids is 2. The molecular weight excluding hydrogens is 184 g/mol. The number of carbonyl (C=O) groups is 2. The van der Waals surface area contributed by atoms with Crippen molar-refractivity contribution < 1.29 is 14.3 Å². The lowest BCUT2D eigenvalue weighted by Gasteiger charge is -2.42. The van der Waals surface area contributed by atoms with Crippen molar-refractivity contribution in [3.05, 3.63) is 0 Å². The fourth-order valence-electron chi connectivity index (χ4n) is 1.68. The van der Waals surface area contributed by atoms with E-state index in [-0.39, 0.29) is 24.0 Å². The zero-order valence-corrected chi connectivity index (χ0v) is 8.53. The molecule has 14 heavy (non-hydrogen) atoms.